The lowest BCUT2D eigenvalue weighted by Gasteiger charge is -2.07. The zero-order chi connectivity index (χ0) is 21.1. The first-order valence-electron chi connectivity index (χ1n) is 9.30. The van der Waals surface area contributed by atoms with Crippen LogP contribution in [0.25, 0.3) is 21.6 Å². The van der Waals surface area contributed by atoms with Gasteiger partial charge in [0.05, 0.1) is 16.0 Å². The Morgan fingerprint density at radius 1 is 1.27 bits per heavy atom. The highest BCUT2D eigenvalue weighted by molar-refractivity contribution is 7.99. The first kappa shape index (κ1) is 20.2. The standard InChI is InChI=1S/C21H20N6OS2/c1-4-9-27-19(15-5-7-22-8-6-15)25-26-21(27)29-12-17(28)23-20-24-18-14(3)10-13(2)11-16(18)30-20/h4-8,10-11H,1,9,12H2,2-3H3,(H,23,24,28). The van der Waals surface area contributed by atoms with Crippen molar-refractivity contribution in [1.29, 1.82) is 0 Å². The Kier molecular flexibility index (Phi) is 5.91. The van der Waals surface area contributed by atoms with Gasteiger partial charge in [-0.25, -0.2) is 4.98 Å². The van der Waals surface area contributed by atoms with Crippen LogP contribution in [0, 0.1) is 13.8 Å². The fourth-order valence-corrected chi connectivity index (χ4v) is 4.92. The molecular weight excluding hydrogens is 416 g/mol. The minimum absolute atomic E-state index is 0.132. The van der Waals surface area contributed by atoms with Crippen LogP contribution in [0.2, 0.25) is 0 Å². The van der Waals surface area contributed by atoms with E-state index in [9.17, 15) is 4.79 Å². The molecule has 3 heterocycles. The molecule has 1 N–H and O–H groups in total. The van der Waals surface area contributed by atoms with Crippen molar-refractivity contribution in [2.45, 2.75) is 25.5 Å². The predicted octanol–water partition coefficient (Wildman–Crippen LogP) is 4.48. The third-order valence-electron chi connectivity index (χ3n) is 4.38. The van der Waals surface area contributed by atoms with E-state index in [0.717, 1.165) is 27.2 Å². The number of allylic oxidation sites excluding steroid dienone is 1. The maximum Gasteiger partial charge on any atom is 0.236 e. The molecule has 30 heavy (non-hydrogen) atoms. The average Bonchev–Trinajstić information content (AvgIpc) is 3.31. The highest BCUT2D eigenvalue weighted by Crippen LogP contribution is 2.30. The number of thioether (sulfide) groups is 1. The zero-order valence-corrected chi connectivity index (χ0v) is 18.3. The summed E-state index contributed by atoms with van der Waals surface area (Å²) >= 11 is 2.82. The van der Waals surface area contributed by atoms with Crippen LogP contribution in [0.15, 0.2) is 54.5 Å². The van der Waals surface area contributed by atoms with Gasteiger partial charge in [0, 0.05) is 24.5 Å². The summed E-state index contributed by atoms with van der Waals surface area (Å²) in [5, 5.41) is 12.7. The van der Waals surface area contributed by atoms with Crippen LogP contribution >= 0.6 is 23.1 Å². The third kappa shape index (κ3) is 4.27. The molecule has 0 radical (unpaired) electrons. The number of hydrogen-bond donors (Lipinski definition) is 1. The Morgan fingerprint density at radius 2 is 2.07 bits per heavy atom. The first-order chi connectivity index (χ1) is 14.5. The number of carbonyl (C=O) groups excluding carboxylic acids is 1. The van der Waals surface area contributed by atoms with E-state index in [4.69, 9.17) is 0 Å². The second-order valence-electron chi connectivity index (χ2n) is 6.73. The number of rotatable bonds is 7. The minimum Gasteiger partial charge on any atom is -0.301 e. The number of carbonyl (C=O) groups is 1. The molecule has 0 saturated heterocycles. The Morgan fingerprint density at radius 3 is 2.83 bits per heavy atom. The quantitative estimate of drug-likeness (QED) is 0.339. The summed E-state index contributed by atoms with van der Waals surface area (Å²) in [7, 11) is 0. The average molecular weight is 437 g/mol. The van der Waals surface area contributed by atoms with Gasteiger partial charge in [0.15, 0.2) is 16.1 Å². The van der Waals surface area contributed by atoms with Gasteiger partial charge >= 0.3 is 0 Å². The van der Waals surface area contributed by atoms with Crippen LogP contribution in [0.1, 0.15) is 11.1 Å². The van der Waals surface area contributed by atoms with Crippen LogP contribution in [0.5, 0.6) is 0 Å². The summed E-state index contributed by atoms with van der Waals surface area (Å²) in [4.78, 5) is 21.1. The van der Waals surface area contributed by atoms with Gasteiger partial charge in [0.25, 0.3) is 0 Å². The third-order valence-corrected chi connectivity index (χ3v) is 6.26. The maximum absolute atomic E-state index is 12.5. The fraction of sp³-hybridized carbons (Fsp3) is 0.190. The zero-order valence-electron chi connectivity index (χ0n) is 16.6. The van der Waals surface area contributed by atoms with Crippen LogP contribution in [0.4, 0.5) is 5.13 Å². The molecule has 0 aliphatic rings. The summed E-state index contributed by atoms with van der Waals surface area (Å²) in [6.07, 6.45) is 5.21. The molecule has 1 aromatic carbocycles. The fourth-order valence-electron chi connectivity index (χ4n) is 3.11. The second kappa shape index (κ2) is 8.76. The van der Waals surface area contributed by atoms with Crippen LogP contribution < -0.4 is 5.32 Å². The number of thiazole rings is 1. The van der Waals surface area contributed by atoms with E-state index in [0.29, 0.717) is 16.8 Å². The van der Waals surface area contributed by atoms with E-state index in [1.807, 2.05) is 23.6 Å². The van der Waals surface area contributed by atoms with E-state index in [1.165, 1.54) is 28.7 Å². The lowest BCUT2D eigenvalue weighted by molar-refractivity contribution is -0.113. The molecule has 0 aliphatic heterocycles. The summed E-state index contributed by atoms with van der Waals surface area (Å²) in [5.41, 5.74) is 4.14. The van der Waals surface area contributed by atoms with Crippen LogP contribution in [-0.2, 0) is 11.3 Å². The Labute approximate surface area is 182 Å². The van der Waals surface area contributed by atoms with Gasteiger partial charge in [-0.15, -0.1) is 16.8 Å². The number of nitrogens with one attached hydrogen (secondary N) is 1. The predicted molar refractivity (Wildman–Crippen MR) is 122 cm³/mol. The van der Waals surface area contributed by atoms with Crippen molar-refractivity contribution >= 4 is 44.4 Å². The molecule has 1 amide bonds. The van der Waals surface area contributed by atoms with Gasteiger partial charge in [-0.05, 0) is 43.2 Å². The van der Waals surface area contributed by atoms with E-state index in [-0.39, 0.29) is 11.7 Å². The van der Waals surface area contributed by atoms with E-state index < -0.39 is 0 Å². The highest BCUT2D eigenvalue weighted by Gasteiger charge is 2.16. The van der Waals surface area contributed by atoms with Crippen LogP contribution in [-0.4, -0.2) is 36.4 Å². The first-order valence-corrected chi connectivity index (χ1v) is 11.1. The van der Waals surface area contributed by atoms with Gasteiger partial charge in [-0.3, -0.25) is 14.3 Å². The van der Waals surface area contributed by atoms with Gasteiger partial charge in [-0.2, -0.15) is 0 Å². The highest BCUT2D eigenvalue weighted by atomic mass is 32.2. The normalized spacial score (nSPS) is 11.0. The molecule has 7 nitrogen and oxygen atoms in total. The molecule has 9 heteroatoms. The number of pyridine rings is 1. The second-order valence-corrected chi connectivity index (χ2v) is 8.70. The molecule has 0 unspecified atom stereocenters. The molecular formula is C21H20N6OS2. The summed E-state index contributed by atoms with van der Waals surface area (Å²) < 4.78 is 3.01. The van der Waals surface area contributed by atoms with Crippen molar-refractivity contribution < 1.29 is 4.79 Å². The maximum atomic E-state index is 12.5. The number of hydrogen-bond acceptors (Lipinski definition) is 7. The minimum atomic E-state index is -0.132. The van der Waals surface area contributed by atoms with E-state index >= 15 is 0 Å². The molecule has 4 aromatic rings. The van der Waals surface area contributed by atoms with Gasteiger partial charge in [0.2, 0.25) is 5.91 Å². The molecule has 152 valence electrons. The van der Waals surface area contributed by atoms with Crippen molar-refractivity contribution in [3.05, 3.63) is 60.4 Å². The van der Waals surface area contributed by atoms with E-state index in [1.54, 1.807) is 18.5 Å². The van der Waals surface area contributed by atoms with Crippen molar-refractivity contribution in [2.24, 2.45) is 0 Å². The molecule has 0 fully saturated rings. The van der Waals surface area contributed by atoms with Crippen molar-refractivity contribution in [2.75, 3.05) is 11.1 Å². The number of aryl methyl sites for hydroxylation is 2. The smallest absolute Gasteiger partial charge is 0.236 e. The van der Waals surface area contributed by atoms with Crippen LogP contribution in [0.3, 0.4) is 0 Å². The monoisotopic (exact) mass is 436 g/mol. The number of benzene rings is 1. The lowest BCUT2D eigenvalue weighted by atomic mass is 10.1. The Bertz CT molecular complexity index is 1220. The van der Waals surface area contributed by atoms with Crippen molar-refractivity contribution in [3.63, 3.8) is 0 Å². The SMILES string of the molecule is C=CCn1c(SCC(=O)Nc2nc3c(C)cc(C)cc3s2)nnc1-c1ccncc1. The Hall–Kier alpha value is -3.04. The van der Waals surface area contributed by atoms with Crippen molar-refractivity contribution in [1.82, 2.24) is 24.7 Å². The number of fused-ring (bicyclic) bond motifs is 1. The molecule has 3 aromatic heterocycles. The molecule has 0 atom stereocenters. The van der Waals surface area contributed by atoms with Gasteiger partial charge < -0.3 is 5.32 Å². The number of amides is 1. The van der Waals surface area contributed by atoms with Gasteiger partial charge in [0.1, 0.15) is 0 Å². The van der Waals surface area contributed by atoms with Crippen molar-refractivity contribution in [3.8, 4) is 11.4 Å². The number of nitrogens with zero attached hydrogens (tertiary/aromatic N) is 5. The Balaban J connectivity index is 1.47. The molecule has 0 aliphatic carbocycles. The number of anilines is 1. The molecule has 4 rings (SSSR count). The molecule has 0 bridgehead atoms. The van der Waals surface area contributed by atoms with E-state index in [2.05, 4.69) is 51.1 Å². The number of aromatic nitrogens is 5. The molecule has 0 saturated carbocycles. The largest absolute Gasteiger partial charge is 0.301 e. The molecule has 0 spiro atoms. The van der Waals surface area contributed by atoms with Gasteiger partial charge in [-0.1, -0.05) is 35.2 Å². The topological polar surface area (TPSA) is 85.6 Å². The lowest BCUT2D eigenvalue weighted by Crippen LogP contribution is -2.14. The summed E-state index contributed by atoms with van der Waals surface area (Å²) in [5.74, 6) is 0.795. The summed E-state index contributed by atoms with van der Waals surface area (Å²) in [6, 6.07) is 7.93. The summed E-state index contributed by atoms with van der Waals surface area (Å²) in [6.45, 7) is 8.45.